The van der Waals surface area contributed by atoms with Gasteiger partial charge in [0, 0.05) is 0 Å². The third kappa shape index (κ3) is 1.30. The van der Waals surface area contributed by atoms with Crippen molar-refractivity contribution in [3.8, 4) is 0 Å². The second-order valence-electron chi connectivity index (χ2n) is 2.85. The maximum Gasteiger partial charge on any atom is 0.211 e. The second kappa shape index (κ2) is 2.93. The van der Waals surface area contributed by atoms with Gasteiger partial charge in [0.05, 0.1) is 18.2 Å². The first-order valence-electron chi connectivity index (χ1n) is 3.62. The Bertz CT molecular complexity index is 339. The highest BCUT2D eigenvalue weighted by Crippen LogP contribution is 2.43. The Morgan fingerprint density at radius 1 is 1.62 bits per heavy atom. The van der Waals surface area contributed by atoms with Gasteiger partial charge in [0.1, 0.15) is 4.48 Å². The Morgan fingerprint density at radius 3 is 2.69 bits per heavy atom. The summed E-state index contributed by atoms with van der Waals surface area (Å²) in [7, 11) is 1.52. The molecule has 0 aromatic carbocycles. The molecule has 0 bridgehead atoms. The zero-order valence-corrected chi connectivity index (χ0v) is 9.94. The van der Waals surface area contributed by atoms with Crippen molar-refractivity contribution in [1.29, 1.82) is 0 Å². The highest BCUT2D eigenvalue weighted by Gasteiger charge is 2.54. The van der Waals surface area contributed by atoms with Crippen molar-refractivity contribution < 1.29 is 14.3 Å². The smallest absolute Gasteiger partial charge is 0.211 e. The van der Waals surface area contributed by atoms with E-state index in [1.807, 2.05) is 0 Å². The molecule has 1 heterocycles. The maximum atomic E-state index is 11.6. The number of Topliss-reactive ketones (excluding diaryl/α,β-unsaturated/α-hetero) is 1. The molecule has 1 aliphatic carbocycles. The number of allylic oxidation sites excluding steroid dienone is 1. The van der Waals surface area contributed by atoms with E-state index in [4.69, 9.17) is 9.47 Å². The lowest BCUT2D eigenvalue weighted by molar-refractivity contribution is -0.118. The molecule has 0 aromatic heterocycles. The molecule has 1 spiro atoms. The van der Waals surface area contributed by atoms with Crippen LogP contribution in [0.4, 0.5) is 0 Å². The quantitative estimate of drug-likeness (QED) is 0.694. The molecule has 0 aromatic rings. The molecule has 2 aliphatic rings. The fraction of sp³-hybridized carbons (Fsp3) is 0.375. The summed E-state index contributed by atoms with van der Waals surface area (Å²) in [6.45, 7) is 0.451. The van der Waals surface area contributed by atoms with Gasteiger partial charge in [0.25, 0.3) is 0 Å². The molecule has 0 radical (unpaired) electrons. The molecule has 0 unspecified atom stereocenters. The van der Waals surface area contributed by atoms with Gasteiger partial charge in [0.2, 0.25) is 5.78 Å². The maximum absolute atomic E-state index is 11.6. The highest BCUT2D eigenvalue weighted by molar-refractivity contribution is 9.12. The van der Waals surface area contributed by atoms with Crippen molar-refractivity contribution in [1.82, 2.24) is 0 Å². The molecule has 0 saturated carbocycles. The van der Waals surface area contributed by atoms with Gasteiger partial charge in [0.15, 0.2) is 11.4 Å². The van der Waals surface area contributed by atoms with E-state index < -0.39 is 5.60 Å². The first-order chi connectivity index (χ1) is 6.10. The topological polar surface area (TPSA) is 38.8 Å². The Balaban J connectivity index is 2.46. The minimum atomic E-state index is -0.723. The number of epoxide rings is 1. The molecule has 13 heavy (non-hydrogen) atoms. The number of halogens is 2. The Kier molecular flexibility index (Phi) is 2.13. The van der Waals surface area contributed by atoms with Crippen LogP contribution in [0.5, 0.6) is 0 Å². The van der Waals surface area contributed by atoms with Crippen LogP contribution in [0.3, 0.4) is 0 Å². The predicted octanol–water partition coefficient (Wildman–Crippen LogP) is 1.87. The normalized spacial score (nSPS) is 32.2. The van der Waals surface area contributed by atoms with E-state index in [9.17, 15) is 4.79 Å². The average molecular weight is 310 g/mol. The largest absolute Gasteiger partial charge is 0.494 e. The van der Waals surface area contributed by atoms with Crippen molar-refractivity contribution in [2.24, 2.45) is 0 Å². The van der Waals surface area contributed by atoms with Gasteiger partial charge < -0.3 is 9.47 Å². The SMILES string of the molecule is COC1=C(Br)C(=O)[C@]2(C=C1Br)CO2. The van der Waals surface area contributed by atoms with Crippen LogP contribution in [-0.4, -0.2) is 25.1 Å². The van der Waals surface area contributed by atoms with Crippen molar-refractivity contribution in [3.63, 3.8) is 0 Å². The molecule has 5 heteroatoms. The first kappa shape index (κ1) is 9.43. The lowest BCUT2D eigenvalue weighted by Crippen LogP contribution is -2.26. The molecule has 3 nitrogen and oxygen atoms in total. The van der Waals surface area contributed by atoms with Crippen molar-refractivity contribution in [2.45, 2.75) is 5.60 Å². The standard InChI is InChI=1S/C8H6Br2O3/c1-12-6-4(9)2-8(3-13-8)7(11)5(6)10/h2H,3H2,1H3/t8-/m0/s1. The van der Waals surface area contributed by atoms with Gasteiger partial charge in [-0.05, 0) is 37.9 Å². The van der Waals surface area contributed by atoms with Gasteiger partial charge in [-0.2, -0.15) is 0 Å². The number of ketones is 1. The number of carbonyl (C=O) groups excluding carboxylic acids is 1. The summed E-state index contributed by atoms with van der Waals surface area (Å²) in [5, 5.41) is 0. The van der Waals surface area contributed by atoms with Crippen LogP contribution in [0.25, 0.3) is 0 Å². The molecule has 70 valence electrons. The first-order valence-corrected chi connectivity index (χ1v) is 5.20. The van der Waals surface area contributed by atoms with Crippen molar-refractivity contribution >= 4 is 37.6 Å². The molecular weight excluding hydrogens is 304 g/mol. The number of rotatable bonds is 1. The predicted molar refractivity (Wildman–Crippen MR) is 53.7 cm³/mol. The molecule has 0 N–H and O–H groups in total. The summed E-state index contributed by atoms with van der Waals surface area (Å²) in [4.78, 5) is 11.6. The monoisotopic (exact) mass is 308 g/mol. The molecule has 1 atom stereocenters. The third-order valence-electron chi connectivity index (χ3n) is 2.02. The number of hydrogen-bond donors (Lipinski definition) is 0. The average Bonchev–Trinajstić information content (AvgIpc) is 2.83. The fourth-order valence-electron chi connectivity index (χ4n) is 1.21. The number of hydrogen-bond acceptors (Lipinski definition) is 3. The van der Waals surface area contributed by atoms with Gasteiger partial charge in [-0.1, -0.05) is 0 Å². The summed E-state index contributed by atoms with van der Waals surface area (Å²) < 4.78 is 11.3. The zero-order valence-electron chi connectivity index (χ0n) is 6.77. The summed E-state index contributed by atoms with van der Waals surface area (Å²) >= 11 is 6.50. The lowest BCUT2D eigenvalue weighted by atomic mass is 9.99. The third-order valence-corrected chi connectivity index (χ3v) is 3.33. The summed E-state index contributed by atoms with van der Waals surface area (Å²) in [5.41, 5.74) is -0.723. The summed E-state index contributed by atoms with van der Waals surface area (Å²) in [6.07, 6.45) is 1.74. The van der Waals surface area contributed by atoms with E-state index in [1.165, 1.54) is 7.11 Å². The molecule has 1 aliphatic heterocycles. The van der Waals surface area contributed by atoms with Crippen LogP contribution in [0.15, 0.2) is 20.8 Å². The lowest BCUT2D eigenvalue weighted by Gasteiger charge is -2.16. The van der Waals surface area contributed by atoms with E-state index in [-0.39, 0.29) is 5.78 Å². The minimum Gasteiger partial charge on any atom is -0.494 e. The number of carbonyl (C=O) groups is 1. The molecule has 2 rings (SSSR count). The molecular formula is C8H6Br2O3. The van der Waals surface area contributed by atoms with E-state index in [1.54, 1.807) is 6.08 Å². The Hall–Kier alpha value is -0.130. The van der Waals surface area contributed by atoms with Crippen LogP contribution < -0.4 is 0 Å². The van der Waals surface area contributed by atoms with Gasteiger partial charge in [-0.25, -0.2) is 0 Å². The Morgan fingerprint density at radius 2 is 2.23 bits per heavy atom. The number of methoxy groups -OCH3 is 1. The van der Waals surface area contributed by atoms with Gasteiger partial charge in [-0.3, -0.25) is 4.79 Å². The Labute approximate surface area is 92.0 Å². The minimum absolute atomic E-state index is 0.0763. The van der Waals surface area contributed by atoms with Gasteiger partial charge >= 0.3 is 0 Å². The molecule has 0 amide bonds. The van der Waals surface area contributed by atoms with E-state index in [2.05, 4.69) is 31.9 Å². The summed E-state index contributed by atoms with van der Waals surface area (Å²) in [5.74, 6) is 0.443. The fourth-order valence-corrected chi connectivity index (χ4v) is 2.92. The van der Waals surface area contributed by atoms with Crippen molar-refractivity contribution in [3.05, 3.63) is 20.8 Å². The highest BCUT2D eigenvalue weighted by atomic mass is 79.9. The zero-order chi connectivity index (χ0) is 9.64. The van der Waals surface area contributed by atoms with E-state index in [0.717, 1.165) is 4.48 Å². The van der Waals surface area contributed by atoms with Crippen LogP contribution in [0.2, 0.25) is 0 Å². The van der Waals surface area contributed by atoms with E-state index in [0.29, 0.717) is 16.8 Å². The van der Waals surface area contributed by atoms with Crippen LogP contribution in [0, 0.1) is 0 Å². The van der Waals surface area contributed by atoms with Crippen LogP contribution in [0.1, 0.15) is 0 Å². The molecule has 1 fully saturated rings. The second-order valence-corrected chi connectivity index (χ2v) is 4.49. The molecule has 1 saturated heterocycles. The van der Waals surface area contributed by atoms with Crippen LogP contribution in [-0.2, 0) is 14.3 Å². The van der Waals surface area contributed by atoms with Gasteiger partial charge in [-0.15, -0.1) is 0 Å². The number of ether oxygens (including phenoxy) is 2. The van der Waals surface area contributed by atoms with E-state index >= 15 is 0 Å². The summed E-state index contributed by atoms with van der Waals surface area (Å²) in [6, 6.07) is 0. The van der Waals surface area contributed by atoms with Crippen molar-refractivity contribution in [2.75, 3.05) is 13.7 Å². The van der Waals surface area contributed by atoms with Crippen LogP contribution >= 0.6 is 31.9 Å².